The molecule has 1 fully saturated rings. The van der Waals surface area contributed by atoms with Crippen molar-refractivity contribution in [2.24, 2.45) is 0 Å². The maximum absolute atomic E-state index is 12.3. The van der Waals surface area contributed by atoms with Gasteiger partial charge in [-0.25, -0.2) is 9.69 Å². The number of urea groups is 1. The second-order valence-electron chi connectivity index (χ2n) is 6.13. The lowest BCUT2D eigenvalue weighted by atomic mass is 10.3. The first-order chi connectivity index (χ1) is 13.3. The van der Waals surface area contributed by atoms with Gasteiger partial charge in [-0.05, 0) is 24.8 Å². The molecule has 0 unspecified atom stereocenters. The normalized spacial score (nSPS) is 13.9. The zero-order valence-electron chi connectivity index (χ0n) is 15.9. The third-order valence-corrected chi connectivity index (χ3v) is 4.86. The molecule has 28 heavy (non-hydrogen) atoms. The summed E-state index contributed by atoms with van der Waals surface area (Å²) in [5, 5.41) is 2.73. The Kier molecular flexibility index (Phi) is 7.16. The third kappa shape index (κ3) is 4.69. The number of benzene rings is 1. The molecule has 0 spiro atoms. The number of nitrogens with zero attached hydrogens (tertiary/aromatic N) is 3. The molecule has 9 nitrogen and oxygen atoms in total. The number of thioether (sulfide) groups is 1. The van der Waals surface area contributed by atoms with Gasteiger partial charge >= 0.3 is 17.8 Å². The predicted octanol–water partition coefficient (Wildman–Crippen LogP) is 1.01. The summed E-state index contributed by atoms with van der Waals surface area (Å²) in [5.74, 6) is -3.01. The summed E-state index contributed by atoms with van der Waals surface area (Å²) in [5.41, 5.74) is 0.631. The zero-order valence-corrected chi connectivity index (χ0v) is 16.7. The lowest BCUT2D eigenvalue weighted by Gasteiger charge is -2.20. The van der Waals surface area contributed by atoms with E-state index in [0.717, 1.165) is 14.7 Å². The Morgan fingerprint density at radius 2 is 1.75 bits per heavy atom. The van der Waals surface area contributed by atoms with Crippen LogP contribution in [0.3, 0.4) is 0 Å². The number of imide groups is 2. The Balaban J connectivity index is 1.95. The van der Waals surface area contributed by atoms with Crippen molar-refractivity contribution < 1.29 is 24.0 Å². The lowest BCUT2D eigenvalue weighted by Crippen LogP contribution is -2.44. The Bertz CT molecular complexity index is 813. The number of amides is 6. The Morgan fingerprint density at radius 3 is 2.39 bits per heavy atom. The van der Waals surface area contributed by atoms with Crippen molar-refractivity contribution in [1.29, 1.82) is 0 Å². The molecule has 0 aliphatic carbocycles. The molecule has 6 amide bonds. The summed E-state index contributed by atoms with van der Waals surface area (Å²) in [6, 6.07) is 6.44. The van der Waals surface area contributed by atoms with Crippen LogP contribution in [0, 0.1) is 0 Å². The Labute approximate surface area is 167 Å². The molecule has 1 N–H and O–H groups in total. The summed E-state index contributed by atoms with van der Waals surface area (Å²) in [7, 11) is 1.39. The number of carbonyl (C=O) groups excluding carboxylic acids is 5. The molecular weight excluding hydrogens is 384 g/mol. The van der Waals surface area contributed by atoms with E-state index in [4.69, 9.17) is 0 Å². The van der Waals surface area contributed by atoms with Gasteiger partial charge < -0.3 is 10.2 Å². The smallest absolute Gasteiger partial charge is 0.334 e. The van der Waals surface area contributed by atoms with Crippen molar-refractivity contribution in [3.05, 3.63) is 24.3 Å². The molecule has 1 aliphatic rings. The lowest BCUT2D eigenvalue weighted by molar-refractivity contribution is -0.145. The first-order valence-electron chi connectivity index (χ1n) is 8.64. The van der Waals surface area contributed by atoms with Gasteiger partial charge in [-0.15, -0.1) is 11.8 Å². The second kappa shape index (κ2) is 9.36. The first-order valence-corrected chi connectivity index (χ1v) is 9.86. The van der Waals surface area contributed by atoms with Crippen LogP contribution in [0.15, 0.2) is 29.2 Å². The molecule has 0 atom stereocenters. The standard InChI is InChI=1S/C18H22N4O5S/c1-4-9-21-16(25)17(26)22(18(21)27)11-15(24)20(2)10-14(23)19-12-7-5-6-8-13(12)28-3/h5-8H,4,9-11H2,1-3H3,(H,19,23). The highest BCUT2D eigenvalue weighted by Gasteiger charge is 2.44. The molecule has 1 aromatic carbocycles. The fourth-order valence-electron chi connectivity index (χ4n) is 2.61. The Hall–Kier alpha value is -2.88. The summed E-state index contributed by atoms with van der Waals surface area (Å²) in [6.07, 6.45) is 2.39. The van der Waals surface area contributed by atoms with E-state index in [1.54, 1.807) is 19.1 Å². The molecule has 1 aromatic rings. The van der Waals surface area contributed by atoms with E-state index in [9.17, 15) is 24.0 Å². The first kappa shape index (κ1) is 21.4. The number of para-hydroxylation sites is 1. The van der Waals surface area contributed by atoms with E-state index in [1.807, 2.05) is 18.4 Å². The second-order valence-corrected chi connectivity index (χ2v) is 6.98. The molecule has 0 radical (unpaired) electrons. The summed E-state index contributed by atoms with van der Waals surface area (Å²) >= 11 is 1.48. The van der Waals surface area contributed by atoms with Crippen LogP contribution >= 0.6 is 11.8 Å². The largest absolute Gasteiger partial charge is 0.335 e. The van der Waals surface area contributed by atoms with Crippen LogP contribution < -0.4 is 5.32 Å². The SMILES string of the molecule is CCCN1C(=O)C(=O)N(CC(=O)N(C)CC(=O)Nc2ccccc2SC)C1=O. The molecule has 0 saturated carbocycles. The minimum absolute atomic E-state index is 0.112. The quantitative estimate of drug-likeness (QED) is 0.392. The average molecular weight is 406 g/mol. The number of anilines is 1. The topological polar surface area (TPSA) is 107 Å². The molecule has 1 heterocycles. The summed E-state index contributed by atoms with van der Waals surface area (Å²) in [4.78, 5) is 63.9. The van der Waals surface area contributed by atoms with Crippen LogP contribution in [0.2, 0.25) is 0 Å². The van der Waals surface area contributed by atoms with Gasteiger partial charge in [0.1, 0.15) is 6.54 Å². The molecule has 2 rings (SSSR count). The van der Waals surface area contributed by atoms with Gasteiger partial charge in [0, 0.05) is 18.5 Å². The molecule has 150 valence electrons. The van der Waals surface area contributed by atoms with E-state index in [-0.39, 0.29) is 13.1 Å². The van der Waals surface area contributed by atoms with Crippen LogP contribution in [0.1, 0.15) is 13.3 Å². The van der Waals surface area contributed by atoms with Gasteiger partial charge in [0.05, 0.1) is 12.2 Å². The van der Waals surface area contributed by atoms with Crippen molar-refractivity contribution in [2.75, 3.05) is 38.3 Å². The van der Waals surface area contributed by atoms with E-state index in [2.05, 4.69) is 5.32 Å². The van der Waals surface area contributed by atoms with Gasteiger partial charge in [0.25, 0.3) is 0 Å². The number of likely N-dealkylation sites (N-methyl/N-ethyl adjacent to an activating group) is 1. The van der Waals surface area contributed by atoms with E-state index >= 15 is 0 Å². The number of nitrogens with one attached hydrogen (secondary N) is 1. The molecule has 0 bridgehead atoms. The van der Waals surface area contributed by atoms with Crippen LogP contribution in [0.5, 0.6) is 0 Å². The predicted molar refractivity (Wildman–Crippen MR) is 104 cm³/mol. The third-order valence-electron chi connectivity index (χ3n) is 4.06. The van der Waals surface area contributed by atoms with Crippen molar-refractivity contribution in [1.82, 2.24) is 14.7 Å². The van der Waals surface area contributed by atoms with E-state index in [1.165, 1.54) is 18.8 Å². The molecule has 0 aromatic heterocycles. The van der Waals surface area contributed by atoms with Crippen LogP contribution in [-0.4, -0.2) is 77.3 Å². The summed E-state index contributed by atoms with van der Waals surface area (Å²) < 4.78 is 0. The van der Waals surface area contributed by atoms with Gasteiger partial charge in [-0.3, -0.25) is 24.1 Å². The minimum Gasteiger partial charge on any atom is -0.335 e. The maximum atomic E-state index is 12.3. The number of hydrogen-bond donors (Lipinski definition) is 1. The van der Waals surface area contributed by atoms with Gasteiger partial charge in [0.2, 0.25) is 11.8 Å². The number of hydrogen-bond acceptors (Lipinski definition) is 6. The van der Waals surface area contributed by atoms with Crippen molar-refractivity contribution in [3.8, 4) is 0 Å². The molecule has 10 heteroatoms. The number of carbonyl (C=O) groups is 5. The highest BCUT2D eigenvalue weighted by molar-refractivity contribution is 7.98. The maximum Gasteiger partial charge on any atom is 0.334 e. The van der Waals surface area contributed by atoms with Crippen molar-refractivity contribution in [2.45, 2.75) is 18.2 Å². The fourth-order valence-corrected chi connectivity index (χ4v) is 3.16. The fraction of sp³-hybridized carbons (Fsp3) is 0.389. The Morgan fingerprint density at radius 1 is 1.11 bits per heavy atom. The van der Waals surface area contributed by atoms with Crippen molar-refractivity contribution >= 4 is 47.1 Å². The highest BCUT2D eigenvalue weighted by Crippen LogP contribution is 2.24. The van der Waals surface area contributed by atoms with Crippen LogP contribution in [0.4, 0.5) is 10.5 Å². The average Bonchev–Trinajstić information content (AvgIpc) is 2.86. The van der Waals surface area contributed by atoms with Gasteiger partial charge in [-0.1, -0.05) is 19.1 Å². The van der Waals surface area contributed by atoms with E-state index < -0.39 is 36.2 Å². The van der Waals surface area contributed by atoms with Crippen molar-refractivity contribution in [3.63, 3.8) is 0 Å². The van der Waals surface area contributed by atoms with Gasteiger partial charge in [-0.2, -0.15) is 0 Å². The molecule has 1 aliphatic heterocycles. The number of rotatable bonds is 8. The molecular formula is C18H22N4O5S. The summed E-state index contributed by atoms with van der Waals surface area (Å²) in [6.45, 7) is 1.03. The molecule has 1 saturated heterocycles. The highest BCUT2D eigenvalue weighted by atomic mass is 32.2. The van der Waals surface area contributed by atoms with Crippen LogP contribution in [0.25, 0.3) is 0 Å². The van der Waals surface area contributed by atoms with Gasteiger partial charge in [0.15, 0.2) is 0 Å². The zero-order chi connectivity index (χ0) is 20.8. The monoisotopic (exact) mass is 406 g/mol. The minimum atomic E-state index is -1.03. The van der Waals surface area contributed by atoms with Crippen LogP contribution in [-0.2, 0) is 19.2 Å². The van der Waals surface area contributed by atoms with E-state index in [0.29, 0.717) is 17.0 Å².